The molecule has 1 fully saturated rings. The molecule has 2 aromatic rings. The second-order valence-electron chi connectivity index (χ2n) is 7.84. The molecular formula is C21H29N3O2. The third kappa shape index (κ3) is 2.88. The van der Waals surface area contributed by atoms with Gasteiger partial charge in [-0.05, 0) is 57.7 Å². The van der Waals surface area contributed by atoms with Crippen LogP contribution in [0.5, 0.6) is 11.5 Å². The van der Waals surface area contributed by atoms with Gasteiger partial charge in [-0.1, -0.05) is 13.3 Å². The van der Waals surface area contributed by atoms with Gasteiger partial charge in [0.1, 0.15) is 0 Å². The van der Waals surface area contributed by atoms with E-state index in [9.17, 15) is 10.2 Å². The third-order valence-corrected chi connectivity index (χ3v) is 6.18. The lowest BCUT2D eigenvalue weighted by Crippen LogP contribution is -2.44. The zero-order valence-corrected chi connectivity index (χ0v) is 15.5. The van der Waals surface area contributed by atoms with Crippen LogP contribution in [0.15, 0.2) is 12.1 Å². The first-order valence-corrected chi connectivity index (χ1v) is 9.98. The van der Waals surface area contributed by atoms with E-state index in [1.807, 2.05) is 0 Å². The van der Waals surface area contributed by atoms with Crippen LogP contribution >= 0.6 is 0 Å². The van der Waals surface area contributed by atoms with Crippen LogP contribution in [0, 0.1) is 0 Å². The van der Waals surface area contributed by atoms with E-state index in [0.717, 1.165) is 42.6 Å². The Bertz CT molecular complexity index is 819. The molecule has 0 spiro atoms. The minimum Gasteiger partial charge on any atom is -0.504 e. The first-order valence-electron chi connectivity index (χ1n) is 9.98. The van der Waals surface area contributed by atoms with Crippen molar-refractivity contribution >= 4 is 16.6 Å². The Kier molecular flexibility index (Phi) is 4.65. The number of pyridine rings is 1. The fourth-order valence-electron chi connectivity index (χ4n) is 5.04. The number of rotatable bonds is 3. The van der Waals surface area contributed by atoms with Gasteiger partial charge in [0.25, 0.3) is 0 Å². The topological polar surface area (TPSA) is 82.6 Å². The van der Waals surface area contributed by atoms with Crippen molar-refractivity contribution in [1.82, 2.24) is 9.88 Å². The molecule has 2 atom stereocenters. The molecular weight excluding hydrogens is 326 g/mol. The second kappa shape index (κ2) is 6.95. The van der Waals surface area contributed by atoms with Crippen LogP contribution in [0.25, 0.3) is 10.9 Å². The van der Waals surface area contributed by atoms with Crippen LogP contribution in [0.2, 0.25) is 0 Å². The third-order valence-electron chi connectivity index (χ3n) is 6.18. The highest BCUT2D eigenvalue weighted by molar-refractivity contribution is 5.94. The fraction of sp³-hybridized carbons (Fsp3) is 0.571. The molecule has 5 nitrogen and oxygen atoms in total. The maximum atomic E-state index is 9.93. The number of fused-ring (bicyclic) bond motifs is 2. The van der Waals surface area contributed by atoms with Crippen LogP contribution in [0.4, 0.5) is 5.69 Å². The van der Waals surface area contributed by atoms with Crippen molar-refractivity contribution in [2.75, 3.05) is 18.8 Å². The predicted molar refractivity (Wildman–Crippen MR) is 105 cm³/mol. The number of aromatic hydroxyl groups is 2. The van der Waals surface area contributed by atoms with Crippen LogP contribution in [0.3, 0.4) is 0 Å². The van der Waals surface area contributed by atoms with Gasteiger partial charge >= 0.3 is 0 Å². The summed E-state index contributed by atoms with van der Waals surface area (Å²) in [5.41, 5.74) is 10.3. The van der Waals surface area contributed by atoms with Gasteiger partial charge in [-0.2, -0.15) is 0 Å². The zero-order chi connectivity index (χ0) is 18.3. The Morgan fingerprint density at radius 3 is 2.77 bits per heavy atom. The number of hydrogen-bond donors (Lipinski definition) is 3. The molecule has 26 heavy (non-hydrogen) atoms. The summed E-state index contributed by atoms with van der Waals surface area (Å²) < 4.78 is 0. The van der Waals surface area contributed by atoms with E-state index in [4.69, 9.17) is 10.7 Å². The number of piperidine rings is 1. The Hall–Kier alpha value is -2.01. The quantitative estimate of drug-likeness (QED) is 0.727. The lowest BCUT2D eigenvalue weighted by Gasteiger charge is -2.43. The van der Waals surface area contributed by atoms with Crippen molar-refractivity contribution in [2.24, 2.45) is 0 Å². The average molecular weight is 355 g/mol. The molecule has 0 bridgehead atoms. The molecule has 1 saturated heterocycles. The second-order valence-corrected chi connectivity index (χ2v) is 7.84. The fourth-order valence-corrected chi connectivity index (χ4v) is 5.04. The van der Waals surface area contributed by atoms with E-state index in [-0.39, 0.29) is 11.5 Å². The number of nitrogens with zero attached hydrogens (tertiary/aromatic N) is 2. The monoisotopic (exact) mass is 355 g/mol. The molecule has 2 aliphatic rings. The van der Waals surface area contributed by atoms with E-state index < -0.39 is 0 Å². The summed E-state index contributed by atoms with van der Waals surface area (Å²) in [5.74, 6) is 0.139. The number of phenolic OH excluding ortho intramolecular Hbond substituents is 2. The number of phenols is 2. The molecule has 1 aromatic heterocycles. The molecule has 1 aliphatic carbocycles. The van der Waals surface area contributed by atoms with Gasteiger partial charge in [-0.15, -0.1) is 0 Å². The van der Waals surface area contributed by atoms with E-state index in [1.165, 1.54) is 43.9 Å². The summed E-state index contributed by atoms with van der Waals surface area (Å²) in [7, 11) is 0. The maximum absolute atomic E-state index is 9.93. The van der Waals surface area contributed by atoms with Gasteiger partial charge in [0.05, 0.1) is 5.52 Å². The summed E-state index contributed by atoms with van der Waals surface area (Å²) in [5, 5.41) is 20.5. The molecule has 2 heterocycles. The molecule has 4 N–H and O–H groups in total. The summed E-state index contributed by atoms with van der Waals surface area (Å²) >= 11 is 0. The van der Waals surface area contributed by atoms with Crippen molar-refractivity contribution < 1.29 is 10.2 Å². The van der Waals surface area contributed by atoms with Gasteiger partial charge in [0, 0.05) is 40.4 Å². The predicted octanol–water partition coefficient (Wildman–Crippen LogP) is 3.91. The number of likely N-dealkylation sites (tertiary alicyclic amines) is 1. The number of hydrogen-bond acceptors (Lipinski definition) is 5. The van der Waals surface area contributed by atoms with Crippen molar-refractivity contribution in [3.05, 3.63) is 23.4 Å². The van der Waals surface area contributed by atoms with Crippen molar-refractivity contribution in [1.29, 1.82) is 0 Å². The van der Waals surface area contributed by atoms with E-state index in [1.54, 1.807) is 6.07 Å². The summed E-state index contributed by atoms with van der Waals surface area (Å²) in [6.07, 6.45) is 8.20. The Labute approximate surface area is 154 Å². The number of aromatic nitrogens is 1. The molecule has 0 saturated carbocycles. The SMILES string of the molecule is CCCN1CCCCC1C1CCCc2nc3cc(O)c(O)cc3c(N)c21. The lowest BCUT2D eigenvalue weighted by molar-refractivity contribution is 0.119. The Morgan fingerprint density at radius 2 is 1.96 bits per heavy atom. The van der Waals surface area contributed by atoms with Gasteiger partial charge in [0.2, 0.25) is 0 Å². The highest BCUT2D eigenvalue weighted by Crippen LogP contribution is 2.44. The smallest absolute Gasteiger partial charge is 0.159 e. The maximum Gasteiger partial charge on any atom is 0.159 e. The molecule has 1 aromatic carbocycles. The Balaban J connectivity index is 1.82. The van der Waals surface area contributed by atoms with Crippen LogP contribution in [0.1, 0.15) is 62.6 Å². The first-order chi connectivity index (χ1) is 12.6. The number of nitrogen functional groups attached to an aromatic ring is 1. The minimum absolute atomic E-state index is 0.136. The van der Waals surface area contributed by atoms with Crippen LogP contribution in [-0.4, -0.2) is 39.2 Å². The van der Waals surface area contributed by atoms with Gasteiger partial charge < -0.3 is 15.9 Å². The summed E-state index contributed by atoms with van der Waals surface area (Å²) in [6, 6.07) is 3.62. The van der Waals surface area contributed by atoms with Crippen molar-refractivity contribution in [3.63, 3.8) is 0 Å². The highest BCUT2D eigenvalue weighted by Gasteiger charge is 2.35. The zero-order valence-electron chi connectivity index (χ0n) is 15.5. The summed E-state index contributed by atoms with van der Waals surface area (Å²) in [4.78, 5) is 7.48. The molecule has 2 unspecified atom stereocenters. The lowest BCUT2D eigenvalue weighted by atomic mass is 9.76. The van der Waals surface area contributed by atoms with Gasteiger partial charge in [-0.25, -0.2) is 0 Å². The molecule has 0 amide bonds. The number of nitrogens with two attached hydrogens (primary N) is 1. The van der Waals surface area contributed by atoms with Crippen LogP contribution in [-0.2, 0) is 6.42 Å². The molecule has 140 valence electrons. The largest absolute Gasteiger partial charge is 0.504 e. The van der Waals surface area contributed by atoms with Crippen LogP contribution < -0.4 is 5.73 Å². The van der Waals surface area contributed by atoms with E-state index >= 15 is 0 Å². The molecule has 5 heteroatoms. The Morgan fingerprint density at radius 1 is 1.15 bits per heavy atom. The summed E-state index contributed by atoms with van der Waals surface area (Å²) in [6.45, 7) is 4.57. The van der Waals surface area contributed by atoms with Gasteiger partial charge in [0.15, 0.2) is 11.5 Å². The number of aryl methyl sites for hydroxylation is 1. The standard InChI is InChI=1S/C21H29N3O2/c1-2-9-24-10-4-3-8-17(24)13-6-5-7-15-20(13)21(22)14-11-18(25)19(26)12-16(14)23-15/h11-13,17,25-26H,2-10H2,1H3,(H2,22,23). The average Bonchev–Trinajstić information content (AvgIpc) is 2.64. The van der Waals surface area contributed by atoms with Gasteiger partial charge in [-0.3, -0.25) is 9.88 Å². The van der Waals surface area contributed by atoms with E-state index in [2.05, 4.69) is 11.8 Å². The minimum atomic E-state index is -0.141. The molecule has 0 radical (unpaired) electrons. The molecule has 4 rings (SSSR count). The van der Waals surface area contributed by atoms with E-state index in [0.29, 0.717) is 17.5 Å². The van der Waals surface area contributed by atoms with Crippen molar-refractivity contribution in [3.8, 4) is 11.5 Å². The van der Waals surface area contributed by atoms with Crippen molar-refractivity contribution in [2.45, 2.75) is 63.8 Å². The normalized spacial score (nSPS) is 23.9. The highest BCUT2D eigenvalue weighted by atomic mass is 16.3. The first kappa shape index (κ1) is 17.4. The number of benzene rings is 1. The number of anilines is 1. The molecule has 1 aliphatic heterocycles.